The average Bonchev–Trinajstić information content (AvgIpc) is 3.24. The van der Waals surface area contributed by atoms with Gasteiger partial charge in [0.15, 0.2) is 10.8 Å². The number of aryl methyl sites for hydroxylation is 1. The first-order valence-corrected chi connectivity index (χ1v) is 16.2. The zero-order valence-electron chi connectivity index (χ0n) is 23.6. The van der Waals surface area contributed by atoms with Crippen molar-refractivity contribution in [3.8, 4) is 11.7 Å². The van der Waals surface area contributed by atoms with Crippen LogP contribution in [0.25, 0.3) is 5.82 Å². The molecule has 41 heavy (non-hydrogen) atoms. The van der Waals surface area contributed by atoms with Gasteiger partial charge in [-0.15, -0.1) is 5.10 Å². The maximum Gasteiger partial charge on any atom is 0.283 e. The quantitative estimate of drug-likeness (QED) is 0.482. The summed E-state index contributed by atoms with van der Waals surface area (Å²) in [5, 5.41) is 8.63. The second kappa shape index (κ2) is 9.57. The van der Waals surface area contributed by atoms with Crippen LogP contribution in [0.3, 0.4) is 0 Å². The van der Waals surface area contributed by atoms with Crippen LogP contribution < -0.4 is 14.4 Å². The zero-order chi connectivity index (χ0) is 28.4. The normalized spacial score (nSPS) is 25.6. The second-order valence-electron chi connectivity index (χ2n) is 12.9. The van der Waals surface area contributed by atoms with Crippen molar-refractivity contribution in [2.75, 3.05) is 18.1 Å². The van der Waals surface area contributed by atoms with Gasteiger partial charge in [0, 0.05) is 37.1 Å². The van der Waals surface area contributed by atoms with Crippen LogP contribution in [0.4, 0.5) is 5.82 Å². The van der Waals surface area contributed by atoms with E-state index in [0.717, 1.165) is 38.1 Å². The molecule has 3 aromatic heterocycles. The Morgan fingerprint density at radius 3 is 2.71 bits per heavy atom. The number of fused-ring (bicyclic) bond motifs is 6. The molecule has 5 heterocycles. The summed E-state index contributed by atoms with van der Waals surface area (Å²) in [5.74, 6) is 1.98. The van der Waals surface area contributed by atoms with Crippen molar-refractivity contribution < 1.29 is 17.9 Å². The maximum atomic E-state index is 13.5. The molecule has 0 aromatic carbocycles. The third kappa shape index (κ3) is 4.89. The van der Waals surface area contributed by atoms with E-state index < -0.39 is 15.9 Å². The monoisotopic (exact) mass is 579 g/mol. The molecule has 2 unspecified atom stereocenters. The van der Waals surface area contributed by atoms with Gasteiger partial charge in [-0.3, -0.25) is 9.48 Å². The molecule has 7 rings (SSSR count). The molecule has 3 aromatic rings. The summed E-state index contributed by atoms with van der Waals surface area (Å²) in [7, 11) is -4.15. The molecular weight excluding hydrogens is 542 g/mol. The van der Waals surface area contributed by atoms with Crippen LogP contribution in [0, 0.1) is 17.3 Å². The molecule has 3 fully saturated rings. The molecule has 12 heteroatoms. The van der Waals surface area contributed by atoms with E-state index in [1.54, 1.807) is 33.9 Å². The van der Waals surface area contributed by atoms with E-state index in [0.29, 0.717) is 42.0 Å². The first-order valence-electron chi connectivity index (χ1n) is 14.7. The predicted molar refractivity (Wildman–Crippen MR) is 152 cm³/mol. The Labute approximate surface area is 240 Å². The van der Waals surface area contributed by atoms with Crippen molar-refractivity contribution in [1.82, 2.24) is 29.3 Å². The molecular formula is C29H37N7O4S. The lowest BCUT2D eigenvalue weighted by atomic mass is 9.69. The molecule has 0 radical (unpaired) electrons. The molecule has 4 bridgehead atoms. The third-order valence-corrected chi connectivity index (χ3v) is 10.9. The number of hydrogen-bond acceptors (Lipinski definition) is 8. The standard InChI is InChI=1S/C29H37N7O4S/c1-28(2)18-20-4-3-14-34-15-9-25(32-34)41(38,39)33-27(37)22-5-6-23(30-26(22)35(28)19-20)36-16-8-24(31-36)40-17-10-21-7-11-29(21)12-13-29/h5-6,8-9,15-16,20-21H,3-4,7,10-14,17-19H2,1-2H3,(H,33,37). The summed E-state index contributed by atoms with van der Waals surface area (Å²) >= 11 is 0. The van der Waals surface area contributed by atoms with E-state index in [2.05, 4.69) is 33.7 Å². The highest BCUT2D eigenvalue weighted by Crippen LogP contribution is 2.65. The van der Waals surface area contributed by atoms with Gasteiger partial charge in [-0.1, -0.05) is 0 Å². The van der Waals surface area contributed by atoms with E-state index in [-0.39, 0.29) is 16.1 Å². The number of nitrogens with zero attached hydrogens (tertiary/aromatic N) is 6. The van der Waals surface area contributed by atoms with Gasteiger partial charge in [-0.05, 0) is 101 Å². The number of nitrogens with one attached hydrogen (secondary N) is 1. The van der Waals surface area contributed by atoms with Gasteiger partial charge in [0.05, 0.1) is 12.2 Å². The number of hydrogen-bond donors (Lipinski definition) is 1. The van der Waals surface area contributed by atoms with Crippen molar-refractivity contribution in [3.05, 3.63) is 42.2 Å². The molecule has 11 nitrogen and oxygen atoms in total. The first kappa shape index (κ1) is 26.5. The van der Waals surface area contributed by atoms with Crippen LogP contribution in [-0.2, 0) is 16.6 Å². The summed E-state index contributed by atoms with van der Waals surface area (Å²) < 4.78 is 37.5. The minimum Gasteiger partial charge on any atom is -0.477 e. The van der Waals surface area contributed by atoms with Crippen molar-refractivity contribution in [3.63, 3.8) is 0 Å². The Morgan fingerprint density at radius 2 is 1.93 bits per heavy atom. The number of pyridine rings is 1. The Hall–Kier alpha value is -3.41. The molecule has 2 atom stereocenters. The number of aromatic nitrogens is 5. The van der Waals surface area contributed by atoms with E-state index in [1.807, 2.05) is 6.07 Å². The smallest absolute Gasteiger partial charge is 0.283 e. The number of anilines is 1. The lowest BCUT2D eigenvalue weighted by Crippen LogP contribution is -2.41. The topological polar surface area (TPSA) is 124 Å². The van der Waals surface area contributed by atoms with Crippen LogP contribution >= 0.6 is 0 Å². The SMILES string of the molecule is CC1(C)CC2CCCn3ccc(n3)S(=O)(=O)NC(=O)c3ccc(-n4ccc(OCCC5CCC56CC6)n4)nc3N1C2. The molecule has 1 N–H and O–H groups in total. The molecule has 2 aliphatic heterocycles. The van der Waals surface area contributed by atoms with Gasteiger partial charge in [-0.2, -0.15) is 13.5 Å². The highest BCUT2D eigenvalue weighted by molar-refractivity contribution is 7.90. The Balaban J connectivity index is 1.17. The van der Waals surface area contributed by atoms with E-state index >= 15 is 0 Å². The Bertz CT molecular complexity index is 1590. The molecule has 218 valence electrons. The minimum atomic E-state index is -4.15. The number of rotatable bonds is 5. The van der Waals surface area contributed by atoms with E-state index in [1.165, 1.54) is 31.7 Å². The van der Waals surface area contributed by atoms with Gasteiger partial charge in [0.2, 0.25) is 5.88 Å². The molecule has 1 amide bonds. The number of carbonyl (C=O) groups excluding carboxylic acids is 1. The highest BCUT2D eigenvalue weighted by Gasteiger charge is 2.54. The Morgan fingerprint density at radius 1 is 1.07 bits per heavy atom. The molecule has 1 saturated heterocycles. The molecule has 2 saturated carbocycles. The number of sulfonamides is 1. The summed E-state index contributed by atoms with van der Waals surface area (Å²) in [6.07, 6.45) is 12.7. The fourth-order valence-electron chi connectivity index (χ4n) is 7.13. The van der Waals surface area contributed by atoms with Gasteiger partial charge in [0.1, 0.15) is 5.82 Å². The van der Waals surface area contributed by atoms with Crippen LogP contribution in [0.5, 0.6) is 5.88 Å². The highest BCUT2D eigenvalue weighted by atomic mass is 32.2. The van der Waals surface area contributed by atoms with Gasteiger partial charge < -0.3 is 9.64 Å². The second-order valence-corrected chi connectivity index (χ2v) is 14.5. The summed E-state index contributed by atoms with van der Waals surface area (Å²) in [4.78, 5) is 20.5. The number of ether oxygens (including phenoxy) is 1. The van der Waals surface area contributed by atoms with E-state index in [9.17, 15) is 13.2 Å². The average molecular weight is 580 g/mol. The van der Waals surface area contributed by atoms with Crippen LogP contribution in [0.2, 0.25) is 0 Å². The first-order chi connectivity index (χ1) is 19.6. The van der Waals surface area contributed by atoms with Crippen molar-refractivity contribution in [1.29, 1.82) is 0 Å². The largest absolute Gasteiger partial charge is 0.477 e. The van der Waals surface area contributed by atoms with Crippen LogP contribution in [0.1, 0.15) is 75.6 Å². The summed E-state index contributed by atoms with van der Waals surface area (Å²) in [5.41, 5.74) is 0.555. The molecule has 4 aliphatic rings. The Kier molecular flexibility index (Phi) is 6.18. The minimum absolute atomic E-state index is 0.175. The zero-order valence-corrected chi connectivity index (χ0v) is 24.4. The summed E-state index contributed by atoms with van der Waals surface area (Å²) in [6.45, 7) is 6.27. The van der Waals surface area contributed by atoms with Crippen molar-refractivity contribution in [2.45, 2.75) is 82.3 Å². The number of amides is 1. The van der Waals surface area contributed by atoms with Crippen LogP contribution in [-0.4, -0.2) is 57.6 Å². The summed E-state index contributed by atoms with van der Waals surface area (Å²) in [6, 6.07) is 6.56. The van der Waals surface area contributed by atoms with Crippen molar-refractivity contribution >= 4 is 21.7 Å². The van der Waals surface area contributed by atoms with Crippen molar-refractivity contribution in [2.24, 2.45) is 17.3 Å². The van der Waals surface area contributed by atoms with Gasteiger partial charge in [-0.25, -0.2) is 14.4 Å². The fourth-order valence-corrected chi connectivity index (χ4v) is 8.04. The van der Waals surface area contributed by atoms with E-state index in [4.69, 9.17) is 9.72 Å². The lowest BCUT2D eigenvalue weighted by molar-refractivity contribution is 0.0981. The fraction of sp³-hybridized carbons (Fsp3) is 0.586. The van der Waals surface area contributed by atoms with Crippen LogP contribution in [0.15, 0.2) is 41.7 Å². The maximum absolute atomic E-state index is 13.5. The molecule has 2 aliphatic carbocycles. The number of carbonyl (C=O) groups is 1. The third-order valence-electron chi connectivity index (χ3n) is 9.70. The lowest BCUT2D eigenvalue weighted by Gasteiger charge is -2.37. The van der Waals surface area contributed by atoms with Gasteiger partial charge >= 0.3 is 0 Å². The molecule has 1 spiro atoms. The predicted octanol–water partition coefficient (Wildman–Crippen LogP) is 3.94. The van der Waals surface area contributed by atoms with Gasteiger partial charge in [0.25, 0.3) is 15.9 Å².